The fraction of sp³-hybridized carbons (Fsp3) is 0.333. The van der Waals surface area contributed by atoms with E-state index in [1.807, 2.05) is 18.2 Å². The lowest BCUT2D eigenvalue weighted by atomic mass is 10.2. The first-order valence-electron chi connectivity index (χ1n) is 10.1. The van der Waals surface area contributed by atoms with E-state index in [-0.39, 0.29) is 11.9 Å². The molecule has 1 fully saturated rings. The van der Waals surface area contributed by atoms with Gasteiger partial charge in [0.25, 0.3) is 0 Å². The third kappa shape index (κ3) is 3.89. The van der Waals surface area contributed by atoms with Crippen LogP contribution < -0.4 is 15.4 Å². The number of rotatable bonds is 8. The molecule has 4 aromatic rings. The number of furan rings is 1. The number of hydrogen-bond acceptors (Lipinski definition) is 8. The molecule has 0 aromatic carbocycles. The number of amides is 1. The molecule has 5 rings (SSSR count). The van der Waals surface area contributed by atoms with Crippen LogP contribution in [0.4, 0.5) is 5.82 Å². The first-order chi connectivity index (χ1) is 15.2. The molecule has 0 bridgehead atoms. The first-order valence-corrected chi connectivity index (χ1v) is 10.1. The average Bonchev–Trinajstić information content (AvgIpc) is 3.50. The second-order valence-electron chi connectivity index (χ2n) is 7.30. The summed E-state index contributed by atoms with van der Waals surface area (Å²) in [5.41, 5.74) is 2.09. The standard InChI is InChI=1S/C21H22N6O4/c1-29-9-8-23-21-14-10-17(31-16(14)6-7-22-21)15-11-24-18-3-5-20(26-27(15)18)30-12-13-2-4-19(28)25-13/h3,5-7,10-11,13H,2,4,8-9,12H2,1H3,(H,22,23)(H,25,28). The number of anilines is 1. The van der Waals surface area contributed by atoms with Gasteiger partial charge in [-0.25, -0.2) is 14.5 Å². The Morgan fingerprint density at radius 1 is 1.32 bits per heavy atom. The van der Waals surface area contributed by atoms with Crippen molar-refractivity contribution in [1.29, 1.82) is 0 Å². The van der Waals surface area contributed by atoms with E-state index in [1.165, 1.54) is 0 Å². The summed E-state index contributed by atoms with van der Waals surface area (Å²) in [5, 5.41) is 11.6. The highest BCUT2D eigenvalue weighted by Crippen LogP contribution is 2.31. The second-order valence-corrected chi connectivity index (χ2v) is 7.30. The zero-order valence-electron chi connectivity index (χ0n) is 17.0. The van der Waals surface area contributed by atoms with Crippen LogP contribution in [0.2, 0.25) is 0 Å². The molecule has 5 heterocycles. The van der Waals surface area contributed by atoms with Gasteiger partial charge in [-0.1, -0.05) is 0 Å². The van der Waals surface area contributed by atoms with Crippen molar-refractivity contribution in [3.05, 3.63) is 36.7 Å². The Morgan fingerprint density at radius 3 is 3.10 bits per heavy atom. The summed E-state index contributed by atoms with van der Waals surface area (Å²) in [6.45, 7) is 1.59. The van der Waals surface area contributed by atoms with Crippen LogP contribution in [0.25, 0.3) is 28.1 Å². The van der Waals surface area contributed by atoms with Crippen LogP contribution in [0.3, 0.4) is 0 Å². The van der Waals surface area contributed by atoms with Gasteiger partial charge in [-0.3, -0.25) is 4.79 Å². The highest BCUT2D eigenvalue weighted by Gasteiger charge is 2.21. The molecule has 1 amide bonds. The molecular formula is C21H22N6O4. The van der Waals surface area contributed by atoms with E-state index in [4.69, 9.17) is 13.9 Å². The van der Waals surface area contributed by atoms with Gasteiger partial charge in [0.15, 0.2) is 11.4 Å². The van der Waals surface area contributed by atoms with E-state index in [0.717, 1.165) is 17.6 Å². The Labute approximate surface area is 177 Å². The zero-order valence-corrected chi connectivity index (χ0v) is 17.0. The molecule has 0 radical (unpaired) electrons. The minimum absolute atomic E-state index is 0.0131. The number of fused-ring (bicyclic) bond motifs is 2. The summed E-state index contributed by atoms with van der Waals surface area (Å²) < 4.78 is 18.6. The molecule has 160 valence electrons. The maximum atomic E-state index is 11.4. The highest BCUT2D eigenvalue weighted by atomic mass is 16.5. The van der Waals surface area contributed by atoms with Crippen molar-refractivity contribution in [2.75, 3.05) is 32.2 Å². The number of ether oxygens (including phenoxy) is 2. The fourth-order valence-electron chi connectivity index (χ4n) is 3.59. The maximum absolute atomic E-state index is 11.4. The topological polar surface area (TPSA) is 116 Å². The van der Waals surface area contributed by atoms with Crippen molar-refractivity contribution < 1.29 is 18.7 Å². The molecule has 1 aliphatic heterocycles. The number of nitrogens with one attached hydrogen (secondary N) is 2. The number of aromatic nitrogens is 4. The van der Waals surface area contributed by atoms with Gasteiger partial charge >= 0.3 is 0 Å². The molecule has 1 aliphatic rings. The largest absolute Gasteiger partial charge is 0.474 e. The summed E-state index contributed by atoms with van der Waals surface area (Å²) in [5.74, 6) is 1.86. The third-order valence-electron chi connectivity index (χ3n) is 5.15. The van der Waals surface area contributed by atoms with E-state index < -0.39 is 0 Å². The lowest BCUT2D eigenvalue weighted by Gasteiger charge is -2.11. The second kappa shape index (κ2) is 8.23. The Hall–Kier alpha value is -3.66. The monoisotopic (exact) mass is 422 g/mol. The number of pyridine rings is 1. The molecule has 1 unspecified atom stereocenters. The van der Waals surface area contributed by atoms with Crippen molar-refractivity contribution in [2.45, 2.75) is 18.9 Å². The predicted molar refractivity (Wildman–Crippen MR) is 113 cm³/mol. The lowest BCUT2D eigenvalue weighted by Crippen LogP contribution is -2.31. The Bertz CT molecular complexity index is 1230. The minimum atomic E-state index is 0.0131. The molecule has 4 aromatic heterocycles. The van der Waals surface area contributed by atoms with Gasteiger partial charge in [0.05, 0.1) is 24.2 Å². The minimum Gasteiger partial charge on any atom is -0.474 e. The van der Waals surface area contributed by atoms with Crippen LogP contribution in [-0.4, -0.2) is 58.4 Å². The summed E-state index contributed by atoms with van der Waals surface area (Å²) in [6, 6.07) is 7.36. The SMILES string of the molecule is COCCNc1nccc2oc(-c3cnc4ccc(OCC5CCC(=O)N5)nn34)cc12. The average molecular weight is 422 g/mol. The number of imidazole rings is 1. The van der Waals surface area contributed by atoms with Crippen LogP contribution in [0.15, 0.2) is 41.1 Å². The first kappa shape index (κ1) is 19.3. The van der Waals surface area contributed by atoms with Crippen LogP contribution in [0, 0.1) is 0 Å². The van der Waals surface area contributed by atoms with Crippen LogP contribution in [-0.2, 0) is 9.53 Å². The smallest absolute Gasteiger partial charge is 0.231 e. The van der Waals surface area contributed by atoms with Crippen LogP contribution >= 0.6 is 0 Å². The van der Waals surface area contributed by atoms with Crippen molar-refractivity contribution in [2.24, 2.45) is 0 Å². The van der Waals surface area contributed by atoms with Gasteiger partial charge in [-0.2, -0.15) is 0 Å². The molecule has 2 N–H and O–H groups in total. The third-order valence-corrected chi connectivity index (χ3v) is 5.15. The summed E-state index contributed by atoms with van der Waals surface area (Å²) in [6.07, 6.45) is 4.72. The van der Waals surface area contributed by atoms with E-state index in [9.17, 15) is 4.79 Å². The molecule has 1 atom stereocenters. The normalized spacial score (nSPS) is 16.2. The number of carbonyl (C=O) groups is 1. The highest BCUT2D eigenvalue weighted by molar-refractivity contribution is 5.91. The fourth-order valence-corrected chi connectivity index (χ4v) is 3.59. The van der Waals surface area contributed by atoms with Gasteiger partial charge in [-0.05, 0) is 24.6 Å². The number of carbonyl (C=O) groups excluding carboxylic acids is 1. The molecule has 0 saturated carbocycles. The molecule has 0 aliphatic carbocycles. The summed E-state index contributed by atoms with van der Waals surface area (Å²) >= 11 is 0. The molecule has 1 saturated heterocycles. The Kier molecular flexibility index (Phi) is 5.13. The van der Waals surface area contributed by atoms with Crippen molar-refractivity contribution in [3.63, 3.8) is 0 Å². The van der Waals surface area contributed by atoms with Crippen molar-refractivity contribution in [3.8, 4) is 17.3 Å². The van der Waals surface area contributed by atoms with E-state index in [0.29, 0.717) is 54.7 Å². The van der Waals surface area contributed by atoms with E-state index in [1.54, 1.807) is 30.1 Å². The zero-order chi connectivity index (χ0) is 21.2. The maximum Gasteiger partial charge on any atom is 0.231 e. The molecule has 31 heavy (non-hydrogen) atoms. The predicted octanol–water partition coefficient (Wildman–Crippen LogP) is 2.25. The summed E-state index contributed by atoms with van der Waals surface area (Å²) in [4.78, 5) is 20.2. The molecular weight excluding hydrogens is 400 g/mol. The van der Waals surface area contributed by atoms with Gasteiger partial charge in [0.1, 0.15) is 23.7 Å². The van der Waals surface area contributed by atoms with Crippen molar-refractivity contribution >= 4 is 28.3 Å². The van der Waals surface area contributed by atoms with Gasteiger partial charge in [0.2, 0.25) is 11.8 Å². The molecule has 10 heteroatoms. The Balaban J connectivity index is 1.42. The number of nitrogens with zero attached hydrogens (tertiary/aromatic N) is 4. The molecule has 0 spiro atoms. The van der Waals surface area contributed by atoms with Gasteiger partial charge < -0.3 is 24.5 Å². The quantitative estimate of drug-likeness (QED) is 0.416. The van der Waals surface area contributed by atoms with Crippen molar-refractivity contribution in [1.82, 2.24) is 24.9 Å². The number of methoxy groups -OCH3 is 1. The van der Waals surface area contributed by atoms with Gasteiger partial charge in [0, 0.05) is 32.3 Å². The van der Waals surface area contributed by atoms with Gasteiger partial charge in [-0.15, -0.1) is 5.10 Å². The summed E-state index contributed by atoms with van der Waals surface area (Å²) in [7, 11) is 1.66. The lowest BCUT2D eigenvalue weighted by molar-refractivity contribution is -0.119. The van der Waals surface area contributed by atoms with E-state index >= 15 is 0 Å². The number of hydrogen-bond donors (Lipinski definition) is 2. The van der Waals surface area contributed by atoms with Crippen LogP contribution in [0.5, 0.6) is 5.88 Å². The van der Waals surface area contributed by atoms with Crippen LogP contribution in [0.1, 0.15) is 12.8 Å². The Morgan fingerprint density at radius 2 is 2.26 bits per heavy atom. The van der Waals surface area contributed by atoms with E-state index in [2.05, 4.69) is 25.7 Å². The molecule has 10 nitrogen and oxygen atoms in total.